The number of carbonyl (C=O) groups excluding carboxylic acids is 2. The van der Waals surface area contributed by atoms with Crippen LogP contribution in [0.4, 0.5) is 0 Å². The zero-order valence-electron chi connectivity index (χ0n) is 15.7. The Bertz CT molecular complexity index is 650. The third-order valence-electron chi connectivity index (χ3n) is 4.49. The van der Waals surface area contributed by atoms with Gasteiger partial charge in [-0.05, 0) is 18.6 Å². The number of piperidine rings is 1. The molecule has 1 fully saturated rings. The maximum absolute atomic E-state index is 12.6. The number of β-amino-alcohol motifs (C(OH)–C–C–N with tert-alkyl or cyclic N) is 1. The molecule has 1 aromatic carbocycles. The molecular weight excluding hydrogens is 338 g/mol. The molecule has 26 heavy (non-hydrogen) atoms. The van der Waals surface area contributed by atoms with E-state index >= 15 is 0 Å². The Morgan fingerprint density at radius 3 is 2.62 bits per heavy atom. The van der Waals surface area contributed by atoms with Crippen LogP contribution in [0.15, 0.2) is 18.2 Å². The fourth-order valence-corrected chi connectivity index (χ4v) is 2.87. The lowest BCUT2D eigenvalue weighted by molar-refractivity contribution is -0.130. The number of aliphatic hydroxyl groups excluding tert-OH is 1. The van der Waals surface area contributed by atoms with E-state index in [4.69, 9.17) is 9.47 Å². The molecule has 1 aliphatic heterocycles. The van der Waals surface area contributed by atoms with E-state index in [0.29, 0.717) is 36.6 Å². The number of hydrogen-bond donors (Lipinski definition) is 2. The van der Waals surface area contributed by atoms with Crippen molar-refractivity contribution in [2.75, 3.05) is 47.9 Å². The molecule has 1 aromatic rings. The maximum atomic E-state index is 12.6. The predicted molar refractivity (Wildman–Crippen MR) is 96.6 cm³/mol. The number of rotatable bonds is 6. The molecule has 2 amide bonds. The van der Waals surface area contributed by atoms with Crippen LogP contribution >= 0.6 is 0 Å². The van der Waals surface area contributed by atoms with Gasteiger partial charge in [0.25, 0.3) is 5.91 Å². The summed E-state index contributed by atoms with van der Waals surface area (Å²) >= 11 is 0. The van der Waals surface area contributed by atoms with Crippen LogP contribution in [0.3, 0.4) is 0 Å². The second kappa shape index (κ2) is 8.86. The zero-order valence-corrected chi connectivity index (χ0v) is 15.7. The van der Waals surface area contributed by atoms with Crippen molar-refractivity contribution in [1.82, 2.24) is 15.1 Å². The normalized spacial score (nSPS) is 20.3. The van der Waals surface area contributed by atoms with Gasteiger partial charge in [-0.25, -0.2) is 0 Å². The number of nitrogens with zero attached hydrogens (tertiary/aromatic N) is 2. The van der Waals surface area contributed by atoms with Crippen molar-refractivity contribution >= 4 is 11.8 Å². The molecule has 0 radical (unpaired) electrons. The summed E-state index contributed by atoms with van der Waals surface area (Å²) in [4.78, 5) is 27.8. The van der Waals surface area contributed by atoms with Gasteiger partial charge in [-0.2, -0.15) is 0 Å². The molecule has 0 aromatic heterocycles. The zero-order chi connectivity index (χ0) is 19.3. The lowest BCUT2D eigenvalue weighted by atomic mass is 10.0. The number of likely N-dealkylation sites (tertiary alicyclic amines) is 1. The van der Waals surface area contributed by atoms with Crippen molar-refractivity contribution < 1.29 is 24.2 Å². The number of ether oxygens (including phenoxy) is 2. The van der Waals surface area contributed by atoms with Gasteiger partial charge < -0.3 is 24.8 Å². The van der Waals surface area contributed by atoms with Gasteiger partial charge in [0.05, 0.1) is 38.5 Å². The first kappa shape index (κ1) is 20.0. The molecule has 0 bridgehead atoms. The second-order valence-electron chi connectivity index (χ2n) is 6.53. The number of nitrogens with one attached hydrogen (secondary N) is 1. The highest BCUT2D eigenvalue weighted by atomic mass is 16.5. The fraction of sp³-hybridized carbons (Fsp3) is 0.556. The van der Waals surface area contributed by atoms with Gasteiger partial charge in [-0.3, -0.25) is 14.5 Å². The molecule has 8 nitrogen and oxygen atoms in total. The number of hydrogen-bond acceptors (Lipinski definition) is 6. The van der Waals surface area contributed by atoms with Gasteiger partial charge in [-0.1, -0.05) is 0 Å². The standard InChI is InChI=1S/C18H27N3O5/c1-20(2)17(23)11-21-8-7-14(15(22)10-21)19-18(24)13-6-5-12(25-3)9-16(13)26-4/h5-6,9,14-15,22H,7-8,10-11H2,1-4H3,(H,19,24)/t14-,15-/m1/s1. The number of benzene rings is 1. The molecule has 2 rings (SSSR count). The molecule has 144 valence electrons. The topological polar surface area (TPSA) is 91.3 Å². The highest BCUT2D eigenvalue weighted by molar-refractivity contribution is 5.97. The summed E-state index contributed by atoms with van der Waals surface area (Å²) in [5.41, 5.74) is 0.380. The Hall–Kier alpha value is -2.32. The third-order valence-corrected chi connectivity index (χ3v) is 4.49. The van der Waals surface area contributed by atoms with Crippen LogP contribution in [0.1, 0.15) is 16.8 Å². The van der Waals surface area contributed by atoms with E-state index < -0.39 is 6.10 Å². The predicted octanol–water partition coefficient (Wildman–Crippen LogP) is -0.0430. The average Bonchev–Trinajstić information content (AvgIpc) is 2.63. The van der Waals surface area contributed by atoms with E-state index in [0.717, 1.165) is 0 Å². The molecule has 1 heterocycles. The third kappa shape index (κ3) is 4.86. The molecule has 1 aliphatic rings. The molecule has 2 N–H and O–H groups in total. The van der Waals surface area contributed by atoms with E-state index in [1.165, 1.54) is 12.0 Å². The lowest BCUT2D eigenvalue weighted by Crippen LogP contribution is -2.55. The van der Waals surface area contributed by atoms with Crippen molar-refractivity contribution in [1.29, 1.82) is 0 Å². The van der Waals surface area contributed by atoms with Gasteiger partial charge in [-0.15, -0.1) is 0 Å². The number of likely N-dealkylation sites (N-methyl/N-ethyl adjacent to an activating group) is 1. The Morgan fingerprint density at radius 2 is 2.04 bits per heavy atom. The van der Waals surface area contributed by atoms with E-state index in [9.17, 15) is 14.7 Å². The summed E-state index contributed by atoms with van der Waals surface area (Å²) in [6.45, 7) is 1.22. The summed E-state index contributed by atoms with van der Waals surface area (Å²) in [6.07, 6.45) is -0.182. The highest BCUT2D eigenvalue weighted by Gasteiger charge is 2.30. The van der Waals surface area contributed by atoms with Crippen LogP contribution in [0.25, 0.3) is 0 Å². The van der Waals surface area contributed by atoms with Crippen LogP contribution < -0.4 is 14.8 Å². The quantitative estimate of drug-likeness (QED) is 0.735. The van der Waals surface area contributed by atoms with Gasteiger partial charge in [0.2, 0.25) is 5.91 Å². The molecule has 2 atom stereocenters. The number of amides is 2. The van der Waals surface area contributed by atoms with Crippen LogP contribution in [0.5, 0.6) is 11.5 Å². The largest absolute Gasteiger partial charge is 0.497 e. The van der Waals surface area contributed by atoms with Crippen molar-refractivity contribution in [3.63, 3.8) is 0 Å². The molecule has 8 heteroatoms. The minimum Gasteiger partial charge on any atom is -0.497 e. The SMILES string of the molecule is COc1ccc(C(=O)N[C@@H]2CCN(CC(=O)N(C)C)C[C@H]2O)c(OC)c1. The van der Waals surface area contributed by atoms with Crippen LogP contribution in [0, 0.1) is 0 Å². The first-order valence-electron chi connectivity index (χ1n) is 8.49. The van der Waals surface area contributed by atoms with Gasteiger partial charge in [0, 0.05) is 33.3 Å². The van der Waals surface area contributed by atoms with Gasteiger partial charge in [0.15, 0.2) is 0 Å². The van der Waals surface area contributed by atoms with Crippen LogP contribution in [-0.2, 0) is 4.79 Å². The fourth-order valence-electron chi connectivity index (χ4n) is 2.87. The molecular formula is C18H27N3O5. The monoisotopic (exact) mass is 365 g/mol. The number of carbonyl (C=O) groups is 2. The number of methoxy groups -OCH3 is 2. The highest BCUT2D eigenvalue weighted by Crippen LogP contribution is 2.25. The second-order valence-corrected chi connectivity index (χ2v) is 6.53. The molecule has 0 unspecified atom stereocenters. The van der Waals surface area contributed by atoms with E-state index in [-0.39, 0.29) is 24.4 Å². The molecule has 0 spiro atoms. The Morgan fingerprint density at radius 1 is 1.31 bits per heavy atom. The number of aliphatic hydroxyl groups is 1. The van der Waals surface area contributed by atoms with E-state index in [1.807, 2.05) is 4.90 Å². The van der Waals surface area contributed by atoms with Crippen LogP contribution in [0.2, 0.25) is 0 Å². The molecule has 0 saturated carbocycles. The average molecular weight is 365 g/mol. The molecule has 1 saturated heterocycles. The van der Waals surface area contributed by atoms with Gasteiger partial charge in [0.1, 0.15) is 11.5 Å². The van der Waals surface area contributed by atoms with Crippen molar-refractivity contribution in [3.05, 3.63) is 23.8 Å². The Balaban J connectivity index is 1.97. The first-order chi connectivity index (χ1) is 12.3. The molecule has 0 aliphatic carbocycles. The smallest absolute Gasteiger partial charge is 0.255 e. The summed E-state index contributed by atoms with van der Waals surface area (Å²) < 4.78 is 10.4. The summed E-state index contributed by atoms with van der Waals surface area (Å²) in [5.74, 6) is 0.677. The summed E-state index contributed by atoms with van der Waals surface area (Å²) in [7, 11) is 6.43. The van der Waals surface area contributed by atoms with E-state index in [2.05, 4.69) is 5.32 Å². The maximum Gasteiger partial charge on any atom is 0.255 e. The van der Waals surface area contributed by atoms with Crippen molar-refractivity contribution in [2.45, 2.75) is 18.6 Å². The minimum atomic E-state index is -0.744. The Kier molecular flexibility index (Phi) is 6.82. The minimum absolute atomic E-state index is 0.0114. The lowest BCUT2D eigenvalue weighted by Gasteiger charge is -2.36. The van der Waals surface area contributed by atoms with Crippen LogP contribution in [-0.4, -0.2) is 86.8 Å². The van der Waals surface area contributed by atoms with Crippen molar-refractivity contribution in [3.8, 4) is 11.5 Å². The van der Waals surface area contributed by atoms with E-state index in [1.54, 1.807) is 39.4 Å². The summed E-state index contributed by atoms with van der Waals surface area (Å²) in [6, 6.07) is 4.58. The first-order valence-corrected chi connectivity index (χ1v) is 8.49. The Labute approximate surface area is 153 Å². The van der Waals surface area contributed by atoms with Gasteiger partial charge >= 0.3 is 0 Å². The summed E-state index contributed by atoms with van der Waals surface area (Å²) in [5, 5.41) is 13.2. The van der Waals surface area contributed by atoms with Crippen molar-refractivity contribution in [2.24, 2.45) is 0 Å².